The molecule has 10 heteroatoms. The number of H-pyrrole nitrogens is 1. The van der Waals surface area contributed by atoms with E-state index in [-0.39, 0.29) is 17.4 Å². The molecule has 3 aromatic rings. The fraction of sp³-hybridized carbons (Fsp3) is 0.235. The number of halogens is 2. The maximum atomic E-state index is 13.6. The monoisotopic (exact) mass is 393 g/mol. The maximum Gasteiger partial charge on any atom is 0.320 e. The fourth-order valence-corrected chi connectivity index (χ4v) is 2.75. The summed E-state index contributed by atoms with van der Waals surface area (Å²) in [5.74, 6) is -0.0445. The first-order chi connectivity index (χ1) is 12.9. The molecular formula is C17H17ClFN5O3. The Bertz CT molecular complexity index is 994. The van der Waals surface area contributed by atoms with Crippen LogP contribution in [0, 0.1) is 5.82 Å². The Labute approximate surface area is 158 Å². The first-order valence-electron chi connectivity index (χ1n) is 7.98. The van der Waals surface area contributed by atoms with Crippen LogP contribution in [0.15, 0.2) is 24.3 Å². The highest BCUT2D eigenvalue weighted by Gasteiger charge is 2.16. The summed E-state index contributed by atoms with van der Waals surface area (Å²) in [5, 5.41) is 22.1. The third kappa shape index (κ3) is 3.93. The smallest absolute Gasteiger partial charge is 0.320 e. The summed E-state index contributed by atoms with van der Waals surface area (Å²) in [5.41, 5.74) is 1.42. The van der Waals surface area contributed by atoms with E-state index in [9.17, 15) is 14.3 Å². The summed E-state index contributed by atoms with van der Waals surface area (Å²) in [6.45, 7) is 1.35. The van der Waals surface area contributed by atoms with E-state index in [0.717, 1.165) is 0 Å². The molecule has 0 aliphatic rings. The number of ether oxygens (including phenoxy) is 1. The predicted octanol–water partition coefficient (Wildman–Crippen LogP) is 3.13. The number of carbonyl (C=O) groups is 1. The van der Waals surface area contributed by atoms with E-state index in [4.69, 9.17) is 16.3 Å². The number of nitrogens with zero attached hydrogens (tertiary/aromatic N) is 2. The summed E-state index contributed by atoms with van der Waals surface area (Å²) in [4.78, 5) is 16.5. The number of carbonyl (C=O) groups excluding carboxylic acids is 1. The van der Waals surface area contributed by atoms with E-state index in [1.807, 2.05) is 0 Å². The number of aromatic amines is 1. The van der Waals surface area contributed by atoms with Gasteiger partial charge in [-0.25, -0.2) is 14.2 Å². The maximum absolute atomic E-state index is 13.6. The van der Waals surface area contributed by atoms with Gasteiger partial charge in [-0.3, -0.25) is 10.4 Å². The Morgan fingerprint density at radius 2 is 2.22 bits per heavy atom. The molecule has 1 atom stereocenters. The van der Waals surface area contributed by atoms with Gasteiger partial charge in [-0.1, -0.05) is 17.7 Å². The molecule has 4 N–H and O–H groups in total. The minimum absolute atomic E-state index is 0.0134. The first kappa shape index (κ1) is 18.9. The quantitative estimate of drug-likeness (QED) is 0.532. The van der Waals surface area contributed by atoms with Gasteiger partial charge in [0.2, 0.25) is 5.88 Å². The van der Waals surface area contributed by atoms with E-state index in [1.165, 1.54) is 19.2 Å². The molecule has 0 aliphatic carbocycles. The SMILES string of the molecule is COc1n[nH]c2cc(NC(=O)NC(C)c3ccc(Cl)c(F)c3)nc(CO)c12. The average molecular weight is 394 g/mol. The number of hydrogen-bond acceptors (Lipinski definition) is 5. The Morgan fingerprint density at radius 1 is 1.44 bits per heavy atom. The minimum atomic E-state index is -0.559. The molecule has 0 aliphatic heterocycles. The molecule has 0 radical (unpaired) electrons. The van der Waals surface area contributed by atoms with Gasteiger partial charge in [0.1, 0.15) is 11.6 Å². The zero-order chi connectivity index (χ0) is 19.6. The average Bonchev–Trinajstić information content (AvgIpc) is 3.06. The number of urea groups is 1. The van der Waals surface area contributed by atoms with Gasteiger partial charge in [0, 0.05) is 6.07 Å². The van der Waals surface area contributed by atoms with Gasteiger partial charge in [-0.2, -0.15) is 0 Å². The van der Waals surface area contributed by atoms with Crippen LogP contribution in [0.5, 0.6) is 5.88 Å². The molecule has 1 aromatic carbocycles. The lowest BCUT2D eigenvalue weighted by molar-refractivity contribution is 0.249. The highest BCUT2D eigenvalue weighted by molar-refractivity contribution is 6.30. The Morgan fingerprint density at radius 3 is 2.89 bits per heavy atom. The Hall–Kier alpha value is -2.91. The number of aliphatic hydroxyl groups excluding tert-OH is 1. The molecule has 0 spiro atoms. The third-order valence-electron chi connectivity index (χ3n) is 3.96. The topological polar surface area (TPSA) is 112 Å². The zero-order valence-corrected chi connectivity index (χ0v) is 15.3. The summed E-state index contributed by atoms with van der Waals surface area (Å²) in [6.07, 6.45) is 0. The summed E-state index contributed by atoms with van der Waals surface area (Å²) in [7, 11) is 1.46. The van der Waals surface area contributed by atoms with Crippen molar-refractivity contribution in [3.8, 4) is 5.88 Å². The molecule has 1 unspecified atom stereocenters. The Balaban J connectivity index is 1.76. The van der Waals surface area contributed by atoms with Crippen LogP contribution >= 0.6 is 11.6 Å². The van der Waals surface area contributed by atoms with Crippen molar-refractivity contribution in [3.05, 3.63) is 46.4 Å². The molecular weight excluding hydrogens is 377 g/mol. The van der Waals surface area contributed by atoms with Gasteiger partial charge in [0.25, 0.3) is 0 Å². The molecule has 0 saturated heterocycles. The molecule has 8 nitrogen and oxygen atoms in total. The van der Waals surface area contributed by atoms with Crippen LogP contribution in [0.25, 0.3) is 10.9 Å². The second kappa shape index (κ2) is 7.77. The van der Waals surface area contributed by atoms with Crippen LogP contribution in [0.3, 0.4) is 0 Å². The van der Waals surface area contributed by atoms with Crippen molar-refractivity contribution in [2.75, 3.05) is 12.4 Å². The largest absolute Gasteiger partial charge is 0.479 e. The second-order valence-electron chi connectivity index (χ2n) is 5.76. The van der Waals surface area contributed by atoms with Gasteiger partial charge < -0.3 is 15.2 Å². The number of hydrogen-bond donors (Lipinski definition) is 4. The summed E-state index contributed by atoms with van der Waals surface area (Å²) in [6, 6.07) is 4.87. The van der Waals surface area contributed by atoms with Crippen molar-refractivity contribution in [2.24, 2.45) is 0 Å². The highest BCUT2D eigenvalue weighted by atomic mass is 35.5. The van der Waals surface area contributed by atoms with Gasteiger partial charge in [-0.15, -0.1) is 5.10 Å². The van der Waals surface area contributed by atoms with E-state index >= 15 is 0 Å². The number of rotatable bonds is 5. The lowest BCUT2D eigenvalue weighted by Crippen LogP contribution is -2.31. The van der Waals surface area contributed by atoms with Gasteiger partial charge in [-0.05, 0) is 24.6 Å². The third-order valence-corrected chi connectivity index (χ3v) is 4.27. The number of benzene rings is 1. The van der Waals surface area contributed by atoms with E-state index in [2.05, 4.69) is 25.8 Å². The highest BCUT2D eigenvalue weighted by Crippen LogP contribution is 2.27. The number of anilines is 1. The van der Waals surface area contributed by atoms with E-state index in [1.54, 1.807) is 19.1 Å². The number of methoxy groups -OCH3 is 1. The van der Waals surface area contributed by atoms with Crippen LogP contribution in [-0.2, 0) is 6.61 Å². The summed E-state index contributed by atoms with van der Waals surface area (Å²) >= 11 is 5.67. The van der Waals surface area contributed by atoms with Crippen LogP contribution in [0.1, 0.15) is 24.2 Å². The number of nitrogens with one attached hydrogen (secondary N) is 3. The molecule has 2 amide bonds. The zero-order valence-electron chi connectivity index (χ0n) is 14.5. The first-order valence-corrected chi connectivity index (χ1v) is 8.36. The normalized spacial score (nSPS) is 12.0. The lowest BCUT2D eigenvalue weighted by Gasteiger charge is -2.15. The lowest BCUT2D eigenvalue weighted by atomic mass is 10.1. The van der Waals surface area contributed by atoms with Crippen molar-refractivity contribution in [1.82, 2.24) is 20.5 Å². The van der Waals surface area contributed by atoms with E-state index in [0.29, 0.717) is 28.0 Å². The van der Waals surface area contributed by atoms with Crippen molar-refractivity contribution in [1.29, 1.82) is 0 Å². The molecule has 2 heterocycles. The molecule has 2 aromatic heterocycles. The van der Waals surface area contributed by atoms with Gasteiger partial charge in [0.15, 0.2) is 0 Å². The van der Waals surface area contributed by atoms with Crippen LogP contribution < -0.4 is 15.4 Å². The molecule has 0 fully saturated rings. The molecule has 142 valence electrons. The second-order valence-corrected chi connectivity index (χ2v) is 6.17. The van der Waals surface area contributed by atoms with Crippen molar-refractivity contribution in [3.63, 3.8) is 0 Å². The van der Waals surface area contributed by atoms with Gasteiger partial charge in [0.05, 0.1) is 41.4 Å². The Kier molecular flexibility index (Phi) is 5.43. The fourth-order valence-electron chi connectivity index (χ4n) is 2.63. The van der Waals surface area contributed by atoms with Crippen molar-refractivity contribution < 1.29 is 19.0 Å². The van der Waals surface area contributed by atoms with Gasteiger partial charge >= 0.3 is 6.03 Å². The standard InChI is InChI=1S/C17H17ClFN5O3/c1-8(9-3-4-10(18)11(19)5-9)20-17(26)22-14-6-12-15(13(7-25)21-14)16(27-2)24-23-12/h3-6,8,25H,7H2,1-2H3,(H,23,24)(H2,20,21,22,26). The number of amides is 2. The number of aliphatic hydroxyl groups is 1. The predicted molar refractivity (Wildman–Crippen MR) is 98.3 cm³/mol. The summed E-state index contributed by atoms with van der Waals surface area (Å²) < 4.78 is 18.7. The van der Waals surface area contributed by atoms with Crippen LogP contribution in [0.2, 0.25) is 5.02 Å². The van der Waals surface area contributed by atoms with Crippen LogP contribution in [0.4, 0.5) is 15.0 Å². The van der Waals surface area contributed by atoms with E-state index < -0.39 is 17.9 Å². The van der Waals surface area contributed by atoms with Crippen molar-refractivity contribution >= 4 is 34.4 Å². The number of fused-ring (bicyclic) bond motifs is 1. The van der Waals surface area contributed by atoms with Crippen molar-refractivity contribution in [2.45, 2.75) is 19.6 Å². The molecule has 3 rings (SSSR count). The number of aromatic nitrogens is 3. The molecule has 27 heavy (non-hydrogen) atoms. The number of pyridine rings is 1. The molecule has 0 saturated carbocycles. The minimum Gasteiger partial charge on any atom is -0.479 e. The van der Waals surface area contributed by atoms with Crippen LogP contribution in [-0.4, -0.2) is 33.4 Å². The molecule has 0 bridgehead atoms.